The standard InChI is InChI=1S/C30H37N3O6/c1-30(2,3)39-29(36)32-23-17-37-24-15-21(13-14-22(23)24)31-27(34)26(25(19-9-10-19)20-11-12-20)33-28(35)38-16-18-7-5-4-6-8-18/h4-8,13-15,19-20,23,25-26H,9-12,16-17H2,1-3H3,(H,31,34)(H,32,36)(H,33,35)/t23-,26+/m1/s1. The van der Waals surface area contributed by atoms with Crippen LogP contribution in [0, 0.1) is 17.8 Å². The van der Waals surface area contributed by atoms with Gasteiger partial charge in [0.05, 0.1) is 6.04 Å². The van der Waals surface area contributed by atoms with Crippen LogP contribution in [0.3, 0.4) is 0 Å². The van der Waals surface area contributed by atoms with Gasteiger partial charge in [-0.3, -0.25) is 4.79 Å². The second kappa shape index (κ2) is 11.2. The van der Waals surface area contributed by atoms with E-state index in [-0.39, 0.29) is 31.1 Å². The molecule has 3 amide bonds. The van der Waals surface area contributed by atoms with E-state index in [0.29, 0.717) is 23.3 Å². The van der Waals surface area contributed by atoms with Crippen LogP contribution in [-0.4, -0.2) is 36.3 Å². The van der Waals surface area contributed by atoms with E-state index >= 15 is 0 Å². The predicted molar refractivity (Wildman–Crippen MR) is 145 cm³/mol. The van der Waals surface area contributed by atoms with E-state index in [2.05, 4.69) is 16.0 Å². The zero-order valence-corrected chi connectivity index (χ0v) is 22.7. The summed E-state index contributed by atoms with van der Waals surface area (Å²) in [5.74, 6) is 1.28. The number of hydrogen-bond acceptors (Lipinski definition) is 6. The van der Waals surface area contributed by atoms with Gasteiger partial charge in [0.15, 0.2) is 0 Å². The average Bonchev–Trinajstić information content (AvgIpc) is 3.82. The van der Waals surface area contributed by atoms with Gasteiger partial charge in [0.1, 0.15) is 30.6 Å². The first-order chi connectivity index (χ1) is 18.7. The van der Waals surface area contributed by atoms with E-state index in [1.54, 1.807) is 12.1 Å². The molecule has 0 saturated heterocycles. The highest BCUT2D eigenvalue weighted by atomic mass is 16.6. The molecular formula is C30H37N3O6. The van der Waals surface area contributed by atoms with Crippen molar-refractivity contribution in [2.24, 2.45) is 17.8 Å². The Balaban J connectivity index is 1.24. The summed E-state index contributed by atoms with van der Waals surface area (Å²) in [6.07, 6.45) is 3.18. The summed E-state index contributed by atoms with van der Waals surface area (Å²) in [7, 11) is 0. The number of benzene rings is 2. The molecule has 1 heterocycles. The van der Waals surface area contributed by atoms with Crippen molar-refractivity contribution < 1.29 is 28.6 Å². The summed E-state index contributed by atoms with van der Waals surface area (Å²) in [5, 5.41) is 8.70. The van der Waals surface area contributed by atoms with Gasteiger partial charge in [-0.1, -0.05) is 36.4 Å². The van der Waals surface area contributed by atoms with Crippen LogP contribution in [0.2, 0.25) is 0 Å². The van der Waals surface area contributed by atoms with E-state index in [0.717, 1.165) is 36.8 Å². The van der Waals surface area contributed by atoms with Gasteiger partial charge in [0, 0.05) is 17.3 Å². The summed E-state index contributed by atoms with van der Waals surface area (Å²) in [6, 6.07) is 13.8. The second-order valence-electron chi connectivity index (χ2n) is 11.7. The van der Waals surface area contributed by atoms with E-state index in [4.69, 9.17) is 14.2 Å². The quantitative estimate of drug-likeness (QED) is 0.401. The van der Waals surface area contributed by atoms with Crippen LogP contribution in [-0.2, 0) is 20.9 Å². The van der Waals surface area contributed by atoms with Crippen molar-refractivity contribution in [2.45, 2.75) is 70.7 Å². The Kier molecular flexibility index (Phi) is 7.68. The van der Waals surface area contributed by atoms with Gasteiger partial charge in [-0.2, -0.15) is 0 Å². The van der Waals surface area contributed by atoms with E-state index < -0.39 is 23.8 Å². The third-order valence-electron chi connectivity index (χ3n) is 7.24. The van der Waals surface area contributed by atoms with Gasteiger partial charge in [-0.25, -0.2) is 9.59 Å². The summed E-state index contributed by atoms with van der Waals surface area (Å²) >= 11 is 0. The Bertz CT molecular complexity index is 1190. The predicted octanol–water partition coefficient (Wildman–Crippen LogP) is 5.31. The normalized spacial score (nSPS) is 18.9. The number of fused-ring (bicyclic) bond motifs is 1. The molecule has 3 N–H and O–H groups in total. The minimum Gasteiger partial charge on any atom is -0.491 e. The lowest BCUT2D eigenvalue weighted by Crippen LogP contribution is -2.50. The summed E-state index contributed by atoms with van der Waals surface area (Å²) in [5.41, 5.74) is 1.66. The van der Waals surface area contributed by atoms with Crippen LogP contribution in [0.4, 0.5) is 15.3 Å². The number of carbonyl (C=O) groups excluding carboxylic acids is 3. The molecule has 0 aromatic heterocycles. The second-order valence-corrected chi connectivity index (χ2v) is 11.7. The van der Waals surface area contributed by atoms with Gasteiger partial charge < -0.3 is 30.2 Å². The van der Waals surface area contributed by atoms with Crippen molar-refractivity contribution in [1.82, 2.24) is 10.6 Å². The fourth-order valence-corrected chi connectivity index (χ4v) is 5.20. The number of amides is 3. The van der Waals surface area contributed by atoms with Gasteiger partial charge in [0.2, 0.25) is 5.91 Å². The topological polar surface area (TPSA) is 115 Å². The van der Waals surface area contributed by atoms with E-state index in [1.807, 2.05) is 57.2 Å². The molecule has 0 bridgehead atoms. The van der Waals surface area contributed by atoms with Crippen molar-refractivity contribution in [3.05, 3.63) is 59.7 Å². The number of alkyl carbamates (subject to hydrolysis) is 2. The molecule has 2 aliphatic carbocycles. The Labute approximate surface area is 229 Å². The highest BCUT2D eigenvalue weighted by Crippen LogP contribution is 2.51. The van der Waals surface area contributed by atoms with Crippen LogP contribution in [0.15, 0.2) is 48.5 Å². The summed E-state index contributed by atoms with van der Waals surface area (Å²) in [4.78, 5) is 38.6. The van der Waals surface area contributed by atoms with Crippen molar-refractivity contribution in [1.29, 1.82) is 0 Å². The fourth-order valence-electron chi connectivity index (χ4n) is 5.20. The van der Waals surface area contributed by atoms with Crippen molar-refractivity contribution in [3.8, 4) is 5.75 Å². The lowest BCUT2D eigenvalue weighted by molar-refractivity contribution is -0.119. The Morgan fingerprint density at radius 1 is 0.974 bits per heavy atom. The van der Waals surface area contributed by atoms with Gasteiger partial charge >= 0.3 is 12.2 Å². The number of nitrogens with one attached hydrogen (secondary N) is 3. The lowest BCUT2D eigenvalue weighted by Gasteiger charge is -2.27. The molecule has 2 atom stereocenters. The summed E-state index contributed by atoms with van der Waals surface area (Å²) < 4.78 is 16.6. The highest BCUT2D eigenvalue weighted by molar-refractivity contribution is 5.97. The maximum Gasteiger partial charge on any atom is 0.408 e. The minimum atomic E-state index is -0.691. The van der Waals surface area contributed by atoms with Crippen molar-refractivity contribution >= 4 is 23.8 Å². The molecule has 208 valence electrons. The SMILES string of the molecule is CC(C)(C)OC(=O)N[C@@H]1COc2cc(NC(=O)[C@@H](NC(=O)OCc3ccccc3)C(C3CC3)C3CC3)ccc21. The van der Waals surface area contributed by atoms with E-state index in [9.17, 15) is 14.4 Å². The molecule has 2 aromatic rings. The lowest BCUT2D eigenvalue weighted by atomic mass is 9.88. The molecule has 1 aliphatic heterocycles. The van der Waals surface area contributed by atoms with Gasteiger partial charge in [-0.15, -0.1) is 0 Å². The van der Waals surface area contributed by atoms with Gasteiger partial charge in [0.25, 0.3) is 0 Å². The molecule has 0 unspecified atom stereocenters. The van der Waals surface area contributed by atoms with Crippen LogP contribution in [0.5, 0.6) is 5.75 Å². The molecular weight excluding hydrogens is 498 g/mol. The number of rotatable bonds is 9. The third kappa shape index (κ3) is 7.22. The average molecular weight is 536 g/mol. The smallest absolute Gasteiger partial charge is 0.408 e. The van der Waals surface area contributed by atoms with Crippen LogP contribution in [0.1, 0.15) is 63.6 Å². The maximum atomic E-state index is 13.6. The Morgan fingerprint density at radius 2 is 1.67 bits per heavy atom. The number of anilines is 1. The van der Waals surface area contributed by atoms with Crippen LogP contribution in [0.25, 0.3) is 0 Å². The van der Waals surface area contributed by atoms with Crippen molar-refractivity contribution in [2.75, 3.05) is 11.9 Å². The molecule has 0 spiro atoms. The highest BCUT2D eigenvalue weighted by Gasteiger charge is 2.48. The number of carbonyl (C=O) groups is 3. The zero-order chi connectivity index (χ0) is 27.6. The maximum absolute atomic E-state index is 13.6. The molecule has 2 fully saturated rings. The molecule has 9 nitrogen and oxygen atoms in total. The molecule has 3 aliphatic rings. The molecule has 5 rings (SSSR count). The molecule has 9 heteroatoms. The largest absolute Gasteiger partial charge is 0.491 e. The molecule has 0 radical (unpaired) electrons. The monoisotopic (exact) mass is 535 g/mol. The first-order valence-corrected chi connectivity index (χ1v) is 13.7. The number of hydrogen-bond donors (Lipinski definition) is 3. The molecule has 2 saturated carbocycles. The zero-order valence-electron chi connectivity index (χ0n) is 22.7. The van der Waals surface area contributed by atoms with Gasteiger partial charge in [-0.05, 0) is 75.8 Å². The van der Waals surface area contributed by atoms with E-state index in [1.165, 1.54) is 0 Å². The third-order valence-corrected chi connectivity index (χ3v) is 7.24. The van der Waals surface area contributed by atoms with Crippen LogP contribution < -0.4 is 20.7 Å². The fraction of sp³-hybridized carbons (Fsp3) is 0.500. The molecule has 2 aromatic carbocycles. The van der Waals surface area contributed by atoms with Crippen molar-refractivity contribution in [3.63, 3.8) is 0 Å². The van der Waals surface area contributed by atoms with Crippen LogP contribution >= 0.6 is 0 Å². The Hall–Kier alpha value is -3.75. The first-order valence-electron chi connectivity index (χ1n) is 13.7. The Morgan fingerprint density at radius 3 is 2.31 bits per heavy atom. The first kappa shape index (κ1) is 26.8. The minimum absolute atomic E-state index is 0.0855. The molecule has 39 heavy (non-hydrogen) atoms. The number of ether oxygens (including phenoxy) is 3. The summed E-state index contributed by atoms with van der Waals surface area (Å²) in [6.45, 7) is 5.84.